The van der Waals surface area contributed by atoms with E-state index in [2.05, 4.69) is 17.0 Å². The maximum atomic E-state index is 13.4. The van der Waals surface area contributed by atoms with Gasteiger partial charge in [-0.3, -0.25) is 9.69 Å². The molecule has 0 aromatic heterocycles. The lowest BCUT2D eigenvalue weighted by molar-refractivity contribution is -0.0156. The second-order valence-corrected chi connectivity index (χ2v) is 9.21. The van der Waals surface area contributed by atoms with Gasteiger partial charge in [0.15, 0.2) is 0 Å². The van der Waals surface area contributed by atoms with Gasteiger partial charge in [0.2, 0.25) is 0 Å². The van der Waals surface area contributed by atoms with Crippen molar-refractivity contribution in [2.45, 2.75) is 57.7 Å². The van der Waals surface area contributed by atoms with Crippen molar-refractivity contribution in [3.05, 3.63) is 59.7 Å². The molecule has 0 unspecified atom stereocenters. The fourth-order valence-corrected chi connectivity index (χ4v) is 5.14. The Balaban J connectivity index is 1.49. The number of rotatable bonds is 5. The van der Waals surface area contributed by atoms with Crippen molar-refractivity contribution in [3.8, 4) is 11.5 Å². The monoisotopic (exact) mass is 466 g/mol. The highest BCUT2D eigenvalue weighted by molar-refractivity contribution is 5.95. The number of benzene rings is 2. The minimum atomic E-state index is 0.0892. The number of hydrogen-bond donors (Lipinski definition) is 0. The van der Waals surface area contributed by atoms with Crippen molar-refractivity contribution < 1.29 is 19.0 Å². The Hall–Kier alpha value is -2.57. The molecule has 2 heterocycles. The van der Waals surface area contributed by atoms with Gasteiger partial charge in [-0.15, -0.1) is 0 Å². The number of fused-ring (bicyclic) bond motifs is 3. The Kier molecular flexibility index (Phi) is 8.83. The minimum absolute atomic E-state index is 0.0892. The summed E-state index contributed by atoms with van der Waals surface area (Å²) in [5, 5.41) is 0. The number of methoxy groups -OCH3 is 1. The van der Waals surface area contributed by atoms with Crippen molar-refractivity contribution in [2.24, 2.45) is 0 Å². The molecular formula is C28H38N2O4. The maximum absolute atomic E-state index is 13.4. The third kappa shape index (κ3) is 6.30. The molecule has 1 amide bonds. The first-order valence-corrected chi connectivity index (χ1v) is 12.7. The predicted molar refractivity (Wildman–Crippen MR) is 134 cm³/mol. The standard InChI is InChI=1S/C28H38N2O4/c1-3-33-24-14-12-22(13-15-24)21-29-16-5-4-10-26-27(32-2)11-7-17-30(26)28(31)23-8-6-9-25(20-23)34-19-18-29/h6,8-9,12-15,20,26-27H,3-5,7,10-11,16-19,21H2,1-2H3/t26-,27-/m0/s1. The molecule has 1 fully saturated rings. The van der Waals surface area contributed by atoms with E-state index in [0.29, 0.717) is 18.8 Å². The average Bonchev–Trinajstić information content (AvgIpc) is 2.87. The van der Waals surface area contributed by atoms with Gasteiger partial charge < -0.3 is 19.1 Å². The first-order chi connectivity index (χ1) is 16.7. The molecule has 0 spiro atoms. The van der Waals surface area contributed by atoms with Gasteiger partial charge in [-0.05, 0) is 75.0 Å². The zero-order valence-corrected chi connectivity index (χ0v) is 20.6. The van der Waals surface area contributed by atoms with E-state index in [1.54, 1.807) is 7.11 Å². The van der Waals surface area contributed by atoms with Crippen LogP contribution in [0.5, 0.6) is 11.5 Å². The van der Waals surface area contributed by atoms with Crippen LogP contribution < -0.4 is 9.47 Å². The van der Waals surface area contributed by atoms with Gasteiger partial charge in [0.05, 0.1) is 18.8 Å². The van der Waals surface area contributed by atoms with Crippen molar-refractivity contribution >= 4 is 5.91 Å². The van der Waals surface area contributed by atoms with Crippen LogP contribution in [0, 0.1) is 0 Å². The van der Waals surface area contributed by atoms with E-state index in [1.807, 2.05) is 48.2 Å². The van der Waals surface area contributed by atoms with Crippen molar-refractivity contribution in [1.29, 1.82) is 0 Å². The Morgan fingerprint density at radius 3 is 2.65 bits per heavy atom. The van der Waals surface area contributed by atoms with E-state index < -0.39 is 0 Å². The highest BCUT2D eigenvalue weighted by Gasteiger charge is 2.34. The summed E-state index contributed by atoms with van der Waals surface area (Å²) >= 11 is 0. The lowest BCUT2D eigenvalue weighted by Gasteiger charge is -2.41. The van der Waals surface area contributed by atoms with Gasteiger partial charge in [-0.25, -0.2) is 0 Å². The van der Waals surface area contributed by atoms with Crippen LogP contribution in [0.3, 0.4) is 0 Å². The maximum Gasteiger partial charge on any atom is 0.254 e. The summed E-state index contributed by atoms with van der Waals surface area (Å²) in [4.78, 5) is 17.9. The van der Waals surface area contributed by atoms with Crippen LogP contribution in [0.1, 0.15) is 54.9 Å². The summed E-state index contributed by atoms with van der Waals surface area (Å²) < 4.78 is 17.5. The zero-order valence-electron chi connectivity index (χ0n) is 20.6. The number of carbonyl (C=O) groups excluding carboxylic acids is 1. The SMILES string of the molecule is CCOc1ccc(CN2CCCC[C@H]3[C@@H](OC)CCCN3C(=O)c3cccc(c3)OCC2)cc1. The van der Waals surface area contributed by atoms with Gasteiger partial charge in [0, 0.05) is 32.3 Å². The molecule has 2 bridgehead atoms. The van der Waals surface area contributed by atoms with Crippen LogP contribution in [0.4, 0.5) is 0 Å². The van der Waals surface area contributed by atoms with Gasteiger partial charge in [-0.2, -0.15) is 0 Å². The molecule has 2 aromatic rings. The molecule has 6 heteroatoms. The first kappa shape index (κ1) is 24.6. The van der Waals surface area contributed by atoms with Crippen molar-refractivity contribution in [1.82, 2.24) is 9.80 Å². The summed E-state index contributed by atoms with van der Waals surface area (Å²) in [5.74, 6) is 1.75. The molecule has 1 saturated heterocycles. The highest BCUT2D eigenvalue weighted by atomic mass is 16.5. The third-order valence-electron chi connectivity index (χ3n) is 6.90. The molecule has 2 atom stereocenters. The van der Waals surface area contributed by atoms with Crippen LogP contribution >= 0.6 is 0 Å². The summed E-state index contributed by atoms with van der Waals surface area (Å²) in [7, 11) is 1.77. The topological polar surface area (TPSA) is 51.2 Å². The normalized spacial score (nSPS) is 22.4. The van der Waals surface area contributed by atoms with E-state index in [-0.39, 0.29) is 18.1 Å². The molecule has 0 N–H and O–H groups in total. The van der Waals surface area contributed by atoms with E-state index >= 15 is 0 Å². The van der Waals surface area contributed by atoms with Crippen LogP contribution in [0.25, 0.3) is 0 Å². The number of amides is 1. The van der Waals surface area contributed by atoms with E-state index in [4.69, 9.17) is 14.2 Å². The minimum Gasteiger partial charge on any atom is -0.494 e. The Morgan fingerprint density at radius 1 is 1.00 bits per heavy atom. The van der Waals surface area contributed by atoms with Crippen LogP contribution in [0.2, 0.25) is 0 Å². The van der Waals surface area contributed by atoms with E-state index in [0.717, 1.165) is 69.8 Å². The number of nitrogens with zero attached hydrogens (tertiary/aromatic N) is 2. The van der Waals surface area contributed by atoms with Crippen molar-refractivity contribution in [2.75, 3.05) is 40.0 Å². The molecule has 184 valence electrons. The highest BCUT2D eigenvalue weighted by Crippen LogP contribution is 2.27. The molecule has 4 rings (SSSR count). The van der Waals surface area contributed by atoms with Gasteiger partial charge >= 0.3 is 0 Å². The summed E-state index contributed by atoms with van der Waals surface area (Å²) in [6, 6.07) is 16.1. The fourth-order valence-electron chi connectivity index (χ4n) is 5.14. The largest absolute Gasteiger partial charge is 0.494 e. The smallest absolute Gasteiger partial charge is 0.254 e. The molecule has 0 radical (unpaired) electrons. The summed E-state index contributed by atoms with van der Waals surface area (Å²) in [5.41, 5.74) is 1.97. The molecule has 6 nitrogen and oxygen atoms in total. The van der Waals surface area contributed by atoms with Gasteiger partial charge in [0.1, 0.15) is 18.1 Å². The van der Waals surface area contributed by atoms with Crippen LogP contribution in [0.15, 0.2) is 48.5 Å². The summed E-state index contributed by atoms with van der Waals surface area (Å²) in [6.45, 7) is 6.77. The number of ether oxygens (including phenoxy) is 3. The summed E-state index contributed by atoms with van der Waals surface area (Å²) in [6.07, 6.45) is 5.21. The lowest BCUT2D eigenvalue weighted by Crippen LogP contribution is -2.51. The molecule has 0 aliphatic carbocycles. The number of carbonyl (C=O) groups is 1. The fraction of sp³-hybridized carbons (Fsp3) is 0.536. The van der Waals surface area contributed by atoms with E-state index in [9.17, 15) is 4.79 Å². The zero-order chi connectivity index (χ0) is 23.8. The molecule has 2 aromatic carbocycles. The van der Waals surface area contributed by atoms with Gasteiger partial charge in [0.25, 0.3) is 5.91 Å². The Bertz CT molecular complexity index is 917. The molecule has 2 aliphatic rings. The number of hydrogen-bond acceptors (Lipinski definition) is 5. The second-order valence-electron chi connectivity index (χ2n) is 9.21. The molecule has 34 heavy (non-hydrogen) atoms. The molecule has 2 aliphatic heterocycles. The predicted octanol–water partition coefficient (Wildman–Crippen LogP) is 4.77. The molecule has 0 saturated carbocycles. The quantitative estimate of drug-likeness (QED) is 0.635. The Morgan fingerprint density at radius 2 is 1.85 bits per heavy atom. The molecular weight excluding hydrogens is 428 g/mol. The van der Waals surface area contributed by atoms with Gasteiger partial charge in [-0.1, -0.05) is 24.6 Å². The van der Waals surface area contributed by atoms with Crippen LogP contribution in [-0.2, 0) is 11.3 Å². The van der Waals surface area contributed by atoms with E-state index in [1.165, 1.54) is 5.56 Å². The van der Waals surface area contributed by atoms with Crippen LogP contribution in [-0.4, -0.2) is 67.8 Å². The second kappa shape index (κ2) is 12.2. The average molecular weight is 467 g/mol. The number of piperidine rings is 1. The first-order valence-electron chi connectivity index (χ1n) is 12.7. The third-order valence-corrected chi connectivity index (χ3v) is 6.90. The Labute approximate surface area is 203 Å². The van der Waals surface area contributed by atoms with Crippen molar-refractivity contribution in [3.63, 3.8) is 0 Å². The lowest BCUT2D eigenvalue weighted by atomic mass is 9.93.